The Morgan fingerprint density at radius 2 is 2.18 bits per heavy atom. The number of aryl methyl sites for hydroxylation is 1. The van der Waals surface area contributed by atoms with E-state index in [1.807, 2.05) is 13.0 Å². The minimum absolute atomic E-state index is 0.597. The van der Waals surface area contributed by atoms with Gasteiger partial charge in [-0.2, -0.15) is 0 Å². The van der Waals surface area contributed by atoms with Crippen molar-refractivity contribution in [3.63, 3.8) is 0 Å². The first-order valence-electron chi connectivity index (χ1n) is 3.33. The summed E-state index contributed by atoms with van der Waals surface area (Å²) in [7, 11) is 0. The molecule has 0 amide bonds. The fraction of sp³-hybridized carbons (Fsp3) is 0.111. The molecule has 58 valence electrons. The van der Waals surface area contributed by atoms with E-state index in [-0.39, 0.29) is 0 Å². The second kappa shape index (κ2) is 2.97. The molecule has 0 aliphatic rings. The van der Waals surface area contributed by atoms with Gasteiger partial charge in [-0.25, -0.2) is 0 Å². The summed E-state index contributed by atoms with van der Waals surface area (Å²) in [5, 5.41) is 0.597. The lowest BCUT2D eigenvalue weighted by Crippen LogP contribution is -1.91. The third kappa shape index (κ3) is 1.55. The molecule has 0 fully saturated rings. The third-order valence-electron chi connectivity index (χ3n) is 1.59. The second-order valence-corrected chi connectivity index (χ2v) is 2.84. The Kier molecular flexibility index (Phi) is 2.20. The van der Waals surface area contributed by atoms with Crippen LogP contribution >= 0.6 is 11.6 Å². The molecular formula is C9H10ClN. The van der Waals surface area contributed by atoms with Crippen LogP contribution in [0.5, 0.6) is 0 Å². The predicted octanol–water partition coefficient (Wildman–Crippen LogP) is 2.87. The smallest absolute Gasteiger partial charge is 0.0644 e. The summed E-state index contributed by atoms with van der Waals surface area (Å²) in [6.07, 6.45) is 1.75. The molecule has 2 N–H and O–H groups in total. The van der Waals surface area contributed by atoms with Gasteiger partial charge < -0.3 is 5.73 Å². The van der Waals surface area contributed by atoms with E-state index in [9.17, 15) is 0 Å². The van der Waals surface area contributed by atoms with Gasteiger partial charge in [0.05, 0.1) is 10.7 Å². The highest BCUT2D eigenvalue weighted by Gasteiger charge is 1.99. The number of anilines is 1. The monoisotopic (exact) mass is 167 g/mol. The number of rotatable bonds is 1. The van der Waals surface area contributed by atoms with Crippen LogP contribution in [-0.2, 0) is 0 Å². The van der Waals surface area contributed by atoms with Crippen molar-refractivity contribution in [2.45, 2.75) is 6.92 Å². The highest BCUT2D eigenvalue weighted by molar-refractivity contribution is 6.33. The highest BCUT2D eigenvalue weighted by atomic mass is 35.5. The van der Waals surface area contributed by atoms with E-state index < -0.39 is 0 Å². The summed E-state index contributed by atoms with van der Waals surface area (Å²) < 4.78 is 0. The maximum absolute atomic E-state index is 5.83. The molecule has 0 bridgehead atoms. The molecule has 0 spiro atoms. The first-order chi connectivity index (χ1) is 5.15. The standard InChI is InChI=1S/C9H10ClN/c1-3-7-4-6(2)9(11)8(10)5-7/h3-5H,1,11H2,2H3. The Balaban J connectivity index is 3.31. The summed E-state index contributed by atoms with van der Waals surface area (Å²) in [6.45, 7) is 5.57. The highest BCUT2D eigenvalue weighted by Crippen LogP contribution is 2.24. The Morgan fingerprint density at radius 3 is 2.64 bits per heavy atom. The van der Waals surface area contributed by atoms with Crippen molar-refractivity contribution in [3.05, 3.63) is 34.9 Å². The number of hydrogen-bond acceptors (Lipinski definition) is 1. The fourth-order valence-electron chi connectivity index (χ4n) is 0.900. The lowest BCUT2D eigenvalue weighted by molar-refractivity contribution is 1.46. The minimum Gasteiger partial charge on any atom is -0.397 e. The summed E-state index contributed by atoms with van der Waals surface area (Å²) >= 11 is 5.83. The maximum atomic E-state index is 5.83. The van der Waals surface area contributed by atoms with Crippen molar-refractivity contribution < 1.29 is 0 Å². The van der Waals surface area contributed by atoms with Gasteiger partial charge in [0.25, 0.3) is 0 Å². The summed E-state index contributed by atoms with van der Waals surface area (Å²) in [5.41, 5.74) is 8.28. The van der Waals surface area contributed by atoms with E-state index in [0.717, 1.165) is 11.1 Å². The Hall–Kier alpha value is -0.950. The van der Waals surface area contributed by atoms with Crippen LogP contribution in [0.4, 0.5) is 5.69 Å². The van der Waals surface area contributed by atoms with E-state index >= 15 is 0 Å². The van der Waals surface area contributed by atoms with Crippen molar-refractivity contribution in [1.29, 1.82) is 0 Å². The van der Waals surface area contributed by atoms with Crippen molar-refractivity contribution >= 4 is 23.4 Å². The predicted molar refractivity (Wildman–Crippen MR) is 50.7 cm³/mol. The van der Waals surface area contributed by atoms with Gasteiger partial charge in [0.2, 0.25) is 0 Å². The fourth-order valence-corrected chi connectivity index (χ4v) is 1.17. The number of halogens is 1. The first-order valence-corrected chi connectivity index (χ1v) is 3.71. The van der Waals surface area contributed by atoms with E-state index in [1.54, 1.807) is 12.1 Å². The first kappa shape index (κ1) is 8.15. The molecule has 1 aromatic rings. The molecule has 0 saturated carbocycles. The average Bonchev–Trinajstić information content (AvgIpc) is 1.99. The van der Waals surface area contributed by atoms with Gasteiger partial charge in [-0.05, 0) is 30.2 Å². The Bertz CT molecular complexity index is 269. The summed E-state index contributed by atoms with van der Waals surface area (Å²) in [4.78, 5) is 0. The van der Waals surface area contributed by atoms with Gasteiger partial charge in [-0.3, -0.25) is 0 Å². The molecule has 0 heterocycles. The number of benzene rings is 1. The van der Waals surface area contributed by atoms with Crippen molar-refractivity contribution in [2.75, 3.05) is 5.73 Å². The largest absolute Gasteiger partial charge is 0.397 e. The van der Waals surface area contributed by atoms with Crippen LogP contribution in [-0.4, -0.2) is 0 Å². The van der Waals surface area contributed by atoms with Crippen LogP contribution in [0.1, 0.15) is 11.1 Å². The zero-order chi connectivity index (χ0) is 8.43. The van der Waals surface area contributed by atoms with Gasteiger partial charge >= 0.3 is 0 Å². The molecule has 2 heteroatoms. The average molecular weight is 168 g/mol. The van der Waals surface area contributed by atoms with E-state index in [4.69, 9.17) is 17.3 Å². The van der Waals surface area contributed by atoms with Gasteiger partial charge in [0, 0.05) is 0 Å². The number of nitrogen functional groups attached to an aromatic ring is 1. The number of hydrogen-bond donors (Lipinski definition) is 1. The topological polar surface area (TPSA) is 26.0 Å². The van der Waals surface area contributed by atoms with E-state index in [0.29, 0.717) is 10.7 Å². The van der Waals surface area contributed by atoms with Gasteiger partial charge in [0.1, 0.15) is 0 Å². The Labute approximate surface area is 71.5 Å². The molecule has 1 aromatic carbocycles. The van der Waals surface area contributed by atoms with Gasteiger partial charge in [-0.15, -0.1) is 0 Å². The second-order valence-electron chi connectivity index (χ2n) is 2.44. The van der Waals surface area contributed by atoms with Crippen molar-refractivity contribution in [3.8, 4) is 0 Å². The normalized spacial score (nSPS) is 9.64. The molecule has 1 nitrogen and oxygen atoms in total. The quantitative estimate of drug-likeness (QED) is 0.640. The van der Waals surface area contributed by atoms with E-state index in [1.165, 1.54) is 0 Å². The Morgan fingerprint density at radius 1 is 1.55 bits per heavy atom. The van der Waals surface area contributed by atoms with Crippen LogP contribution in [0.2, 0.25) is 5.02 Å². The molecule has 0 aliphatic heterocycles. The molecule has 0 aliphatic carbocycles. The van der Waals surface area contributed by atoms with Crippen LogP contribution in [0.15, 0.2) is 18.7 Å². The van der Waals surface area contributed by atoms with Crippen molar-refractivity contribution in [1.82, 2.24) is 0 Å². The molecular weight excluding hydrogens is 158 g/mol. The SMILES string of the molecule is C=Cc1cc(C)c(N)c(Cl)c1. The van der Waals surface area contributed by atoms with Crippen LogP contribution < -0.4 is 5.73 Å². The summed E-state index contributed by atoms with van der Waals surface area (Å²) in [6, 6.07) is 3.76. The molecule has 11 heavy (non-hydrogen) atoms. The van der Waals surface area contributed by atoms with Crippen LogP contribution in [0.3, 0.4) is 0 Å². The van der Waals surface area contributed by atoms with Crippen LogP contribution in [0.25, 0.3) is 6.08 Å². The minimum atomic E-state index is 0.597. The molecule has 0 aromatic heterocycles. The molecule has 0 atom stereocenters. The molecule has 0 saturated heterocycles. The van der Waals surface area contributed by atoms with E-state index in [2.05, 4.69) is 6.58 Å². The number of nitrogens with two attached hydrogens (primary N) is 1. The van der Waals surface area contributed by atoms with Crippen molar-refractivity contribution in [2.24, 2.45) is 0 Å². The molecule has 0 radical (unpaired) electrons. The third-order valence-corrected chi connectivity index (χ3v) is 1.91. The van der Waals surface area contributed by atoms with Crippen LogP contribution in [0, 0.1) is 6.92 Å². The summed E-state index contributed by atoms with van der Waals surface area (Å²) in [5.74, 6) is 0. The lowest BCUT2D eigenvalue weighted by Gasteiger charge is -2.03. The zero-order valence-electron chi connectivity index (χ0n) is 6.39. The van der Waals surface area contributed by atoms with Gasteiger partial charge in [-0.1, -0.05) is 24.3 Å². The maximum Gasteiger partial charge on any atom is 0.0644 e. The molecule has 1 rings (SSSR count). The van der Waals surface area contributed by atoms with Gasteiger partial charge in [0.15, 0.2) is 0 Å². The molecule has 0 unspecified atom stereocenters. The zero-order valence-corrected chi connectivity index (χ0v) is 7.15. The lowest BCUT2D eigenvalue weighted by atomic mass is 10.1.